The van der Waals surface area contributed by atoms with Crippen LogP contribution in [0.1, 0.15) is 5.56 Å². The van der Waals surface area contributed by atoms with E-state index in [1.807, 2.05) is 24.3 Å². The molecule has 0 radical (unpaired) electrons. The molecule has 0 fully saturated rings. The third kappa shape index (κ3) is 1.75. The van der Waals surface area contributed by atoms with Crippen LogP contribution in [0.4, 0.5) is 11.5 Å². The topological polar surface area (TPSA) is 40.7 Å². The SMILES string of the molecule is C#Cc1cccc(Nc2cnc[nH]2)c1. The Balaban J connectivity index is 2.22. The maximum atomic E-state index is 5.29. The van der Waals surface area contributed by atoms with Gasteiger partial charge in [-0.05, 0) is 18.2 Å². The average Bonchev–Trinajstić information content (AvgIpc) is 2.71. The Morgan fingerprint density at radius 3 is 3.07 bits per heavy atom. The van der Waals surface area contributed by atoms with Crippen LogP contribution in [0.25, 0.3) is 0 Å². The first-order valence-corrected chi connectivity index (χ1v) is 4.20. The lowest BCUT2D eigenvalue weighted by Gasteiger charge is -2.02. The van der Waals surface area contributed by atoms with Crippen molar-refractivity contribution in [3.63, 3.8) is 0 Å². The zero-order valence-electron chi connectivity index (χ0n) is 7.49. The van der Waals surface area contributed by atoms with E-state index in [0.717, 1.165) is 17.1 Å². The van der Waals surface area contributed by atoms with Gasteiger partial charge >= 0.3 is 0 Å². The minimum absolute atomic E-state index is 0.846. The molecule has 2 N–H and O–H groups in total. The second-order valence-corrected chi connectivity index (χ2v) is 2.82. The molecule has 0 bridgehead atoms. The van der Waals surface area contributed by atoms with Crippen LogP contribution in [-0.4, -0.2) is 9.97 Å². The zero-order chi connectivity index (χ0) is 9.80. The lowest BCUT2D eigenvalue weighted by Crippen LogP contribution is -1.90. The third-order valence-corrected chi connectivity index (χ3v) is 1.81. The maximum Gasteiger partial charge on any atom is 0.127 e. The Morgan fingerprint density at radius 1 is 1.43 bits per heavy atom. The van der Waals surface area contributed by atoms with Crippen molar-refractivity contribution in [2.24, 2.45) is 0 Å². The molecule has 0 aliphatic rings. The highest BCUT2D eigenvalue weighted by Gasteiger charge is 1.95. The molecule has 1 aromatic carbocycles. The number of imidazole rings is 1. The van der Waals surface area contributed by atoms with Gasteiger partial charge in [0.2, 0.25) is 0 Å². The van der Waals surface area contributed by atoms with Crippen LogP contribution in [0.2, 0.25) is 0 Å². The monoisotopic (exact) mass is 183 g/mol. The van der Waals surface area contributed by atoms with Crippen molar-refractivity contribution in [2.45, 2.75) is 0 Å². The number of aromatic amines is 1. The number of terminal acetylenes is 1. The number of hydrogen-bond acceptors (Lipinski definition) is 2. The van der Waals surface area contributed by atoms with E-state index in [2.05, 4.69) is 21.2 Å². The highest BCUT2D eigenvalue weighted by atomic mass is 15.0. The van der Waals surface area contributed by atoms with Gasteiger partial charge in [0.05, 0.1) is 12.5 Å². The molecule has 2 rings (SSSR count). The van der Waals surface area contributed by atoms with E-state index < -0.39 is 0 Å². The summed E-state index contributed by atoms with van der Waals surface area (Å²) in [6.07, 6.45) is 8.62. The molecule has 0 aliphatic heterocycles. The first kappa shape index (κ1) is 8.39. The van der Waals surface area contributed by atoms with E-state index in [1.54, 1.807) is 12.5 Å². The quantitative estimate of drug-likeness (QED) is 0.700. The number of aromatic nitrogens is 2. The standard InChI is InChI=1S/C11H9N3/c1-2-9-4-3-5-10(6-9)14-11-7-12-8-13-11/h1,3-8,14H,(H,12,13). The molecule has 0 spiro atoms. The van der Waals surface area contributed by atoms with E-state index >= 15 is 0 Å². The molecule has 1 heterocycles. The molecular weight excluding hydrogens is 174 g/mol. The second-order valence-electron chi connectivity index (χ2n) is 2.82. The lowest BCUT2D eigenvalue weighted by molar-refractivity contribution is 1.31. The van der Waals surface area contributed by atoms with Crippen molar-refractivity contribution in [2.75, 3.05) is 5.32 Å². The number of rotatable bonds is 2. The van der Waals surface area contributed by atoms with Gasteiger partial charge in [0.1, 0.15) is 5.82 Å². The van der Waals surface area contributed by atoms with E-state index in [9.17, 15) is 0 Å². The summed E-state index contributed by atoms with van der Waals surface area (Å²) in [6.45, 7) is 0. The van der Waals surface area contributed by atoms with E-state index in [-0.39, 0.29) is 0 Å². The number of nitrogens with one attached hydrogen (secondary N) is 2. The smallest absolute Gasteiger partial charge is 0.127 e. The van der Waals surface area contributed by atoms with E-state index in [1.165, 1.54) is 0 Å². The molecule has 3 nitrogen and oxygen atoms in total. The summed E-state index contributed by atoms with van der Waals surface area (Å²) in [7, 11) is 0. The minimum Gasteiger partial charge on any atom is -0.340 e. The number of anilines is 2. The fourth-order valence-corrected chi connectivity index (χ4v) is 1.17. The summed E-state index contributed by atoms with van der Waals surface area (Å²) >= 11 is 0. The molecule has 1 aromatic heterocycles. The van der Waals surface area contributed by atoms with Gasteiger partial charge in [0.15, 0.2) is 0 Å². The van der Waals surface area contributed by atoms with Crippen LogP contribution in [0.15, 0.2) is 36.8 Å². The number of nitrogens with zero attached hydrogens (tertiary/aromatic N) is 1. The Kier molecular flexibility index (Phi) is 2.20. The maximum absolute atomic E-state index is 5.29. The molecule has 68 valence electrons. The fraction of sp³-hybridized carbons (Fsp3) is 0. The van der Waals surface area contributed by atoms with E-state index in [0.29, 0.717) is 0 Å². The Hall–Kier alpha value is -2.21. The van der Waals surface area contributed by atoms with Crippen molar-refractivity contribution >= 4 is 11.5 Å². The first-order valence-electron chi connectivity index (χ1n) is 4.20. The van der Waals surface area contributed by atoms with Gasteiger partial charge in [-0.3, -0.25) is 0 Å². The molecule has 14 heavy (non-hydrogen) atoms. The van der Waals surface area contributed by atoms with Gasteiger partial charge in [-0.1, -0.05) is 12.0 Å². The van der Waals surface area contributed by atoms with E-state index in [4.69, 9.17) is 6.42 Å². The molecule has 0 unspecified atom stereocenters. The largest absolute Gasteiger partial charge is 0.340 e. The van der Waals surface area contributed by atoms with Gasteiger partial charge < -0.3 is 10.3 Å². The molecule has 0 saturated heterocycles. The van der Waals surface area contributed by atoms with Gasteiger partial charge in [-0.2, -0.15) is 0 Å². The second kappa shape index (κ2) is 3.67. The summed E-state index contributed by atoms with van der Waals surface area (Å²) in [6, 6.07) is 7.65. The Bertz CT molecular complexity index is 452. The highest BCUT2D eigenvalue weighted by molar-refractivity contribution is 5.58. The molecule has 3 heteroatoms. The number of hydrogen-bond donors (Lipinski definition) is 2. The van der Waals surface area contributed by atoms with Crippen molar-refractivity contribution in [3.8, 4) is 12.3 Å². The summed E-state index contributed by atoms with van der Waals surface area (Å²) in [5, 5.41) is 3.14. The van der Waals surface area contributed by atoms with Gasteiger partial charge in [0, 0.05) is 11.3 Å². The van der Waals surface area contributed by atoms with Crippen molar-refractivity contribution in [3.05, 3.63) is 42.4 Å². The van der Waals surface area contributed by atoms with Crippen LogP contribution in [0.5, 0.6) is 0 Å². The summed E-state index contributed by atoms with van der Waals surface area (Å²) in [5.41, 5.74) is 1.80. The van der Waals surface area contributed by atoms with Crippen molar-refractivity contribution in [1.82, 2.24) is 9.97 Å². The van der Waals surface area contributed by atoms with Crippen LogP contribution < -0.4 is 5.32 Å². The molecule has 0 saturated carbocycles. The predicted molar refractivity (Wildman–Crippen MR) is 56.2 cm³/mol. The Morgan fingerprint density at radius 2 is 2.36 bits per heavy atom. The molecule has 0 aliphatic carbocycles. The fourth-order valence-electron chi connectivity index (χ4n) is 1.17. The summed E-state index contributed by atoms with van der Waals surface area (Å²) < 4.78 is 0. The predicted octanol–water partition coefficient (Wildman–Crippen LogP) is 2.13. The zero-order valence-corrected chi connectivity index (χ0v) is 7.49. The molecule has 2 aromatic rings. The van der Waals surface area contributed by atoms with Gasteiger partial charge in [0.25, 0.3) is 0 Å². The summed E-state index contributed by atoms with van der Waals surface area (Å²) in [4.78, 5) is 6.85. The lowest BCUT2D eigenvalue weighted by atomic mass is 10.2. The third-order valence-electron chi connectivity index (χ3n) is 1.81. The normalized spacial score (nSPS) is 9.36. The van der Waals surface area contributed by atoms with Crippen LogP contribution in [0, 0.1) is 12.3 Å². The van der Waals surface area contributed by atoms with Gasteiger partial charge in [-0.25, -0.2) is 4.98 Å². The van der Waals surface area contributed by atoms with Crippen LogP contribution >= 0.6 is 0 Å². The molecular formula is C11H9N3. The van der Waals surface area contributed by atoms with Crippen LogP contribution in [-0.2, 0) is 0 Å². The van der Waals surface area contributed by atoms with Crippen molar-refractivity contribution in [1.29, 1.82) is 0 Å². The molecule has 0 amide bonds. The Labute approximate surface area is 82.2 Å². The van der Waals surface area contributed by atoms with Gasteiger partial charge in [-0.15, -0.1) is 6.42 Å². The average molecular weight is 183 g/mol. The minimum atomic E-state index is 0.846. The highest BCUT2D eigenvalue weighted by Crippen LogP contribution is 2.14. The van der Waals surface area contributed by atoms with Crippen LogP contribution in [0.3, 0.4) is 0 Å². The number of H-pyrrole nitrogens is 1. The number of benzene rings is 1. The molecule has 0 atom stereocenters. The van der Waals surface area contributed by atoms with Crippen molar-refractivity contribution < 1.29 is 0 Å². The summed E-state index contributed by atoms with van der Waals surface area (Å²) in [5.74, 6) is 3.43. The first-order chi connectivity index (χ1) is 6.88.